The molecular weight excluding hydrogens is 267 g/mol. The van der Waals surface area contributed by atoms with Gasteiger partial charge in [-0.15, -0.1) is 12.8 Å². The number of carbonyl (C=O) groups excluding carboxylic acids is 2. The maximum absolute atomic E-state index is 8.00. The van der Waals surface area contributed by atoms with Crippen LogP contribution in [0, 0.1) is 12.2 Å². The molecule has 0 aromatic heterocycles. The molecule has 0 aromatic rings. The first-order valence-electron chi connectivity index (χ1n) is 4.01. The van der Waals surface area contributed by atoms with Crippen molar-refractivity contribution in [3.63, 3.8) is 0 Å². The van der Waals surface area contributed by atoms with Gasteiger partial charge in [0, 0.05) is 0 Å². The van der Waals surface area contributed by atoms with Crippen LogP contribution in [0.1, 0.15) is 12.8 Å². The predicted molar refractivity (Wildman–Crippen MR) is 57.4 cm³/mol. The molecule has 0 radical (unpaired) electrons. The Bertz CT molecular complexity index is 174. The Morgan fingerprint density at radius 3 is 1.20 bits per heavy atom. The van der Waals surface area contributed by atoms with Gasteiger partial charge in [0.25, 0.3) is 0 Å². The van der Waals surface area contributed by atoms with E-state index in [4.69, 9.17) is 9.59 Å². The Morgan fingerprint density at radius 2 is 1.13 bits per heavy atom. The second-order valence-corrected chi connectivity index (χ2v) is 2.01. The van der Waals surface area contributed by atoms with E-state index in [1.165, 1.54) is 0 Å². The summed E-state index contributed by atoms with van der Waals surface area (Å²) in [7, 11) is 0. The van der Waals surface area contributed by atoms with Gasteiger partial charge in [0.15, 0.2) is 0 Å². The van der Waals surface area contributed by atoms with Gasteiger partial charge in [0.1, 0.15) is 13.6 Å². The second-order valence-electron chi connectivity index (χ2n) is 2.01. The molecule has 0 fully saturated rings. The molecule has 0 aromatic carbocycles. The van der Waals surface area contributed by atoms with Gasteiger partial charge in [-0.25, -0.2) is 24.3 Å². The van der Waals surface area contributed by atoms with Crippen molar-refractivity contribution in [2.75, 3.05) is 0 Å². The topological polar surface area (TPSA) is 34.1 Å². The summed E-state index contributed by atoms with van der Waals surface area (Å²) in [6.07, 6.45) is 20.0. The molecular formula is C12H14O2Zr. The molecule has 0 aliphatic heterocycles. The quantitative estimate of drug-likeness (QED) is 0.638. The summed E-state index contributed by atoms with van der Waals surface area (Å²) in [6.45, 7) is 4.00. The second kappa shape index (κ2) is 23.2. The van der Waals surface area contributed by atoms with Gasteiger partial charge in [0.05, 0.1) is 0 Å². The Hall–Kier alpha value is -0.817. The van der Waals surface area contributed by atoms with Crippen LogP contribution in [0.25, 0.3) is 0 Å². The van der Waals surface area contributed by atoms with E-state index in [2.05, 4.69) is 24.3 Å². The number of hydrogen-bond acceptors (Lipinski definition) is 2. The van der Waals surface area contributed by atoms with Crippen LogP contribution in [0.3, 0.4) is 0 Å². The molecule has 2 nitrogen and oxygen atoms in total. The van der Waals surface area contributed by atoms with Gasteiger partial charge in [-0.3, -0.25) is 12.2 Å². The third-order valence-electron chi connectivity index (χ3n) is 1.17. The molecule has 0 unspecified atom stereocenters. The van der Waals surface area contributed by atoms with E-state index in [9.17, 15) is 0 Å². The smallest absolute Gasteiger partial charge is 0.307 e. The van der Waals surface area contributed by atoms with E-state index in [0.29, 0.717) is 0 Å². The van der Waals surface area contributed by atoms with E-state index in [1.54, 1.807) is 0 Å². The van der Waals surface area contributed by atoms with Crippen molar-refractivity contribution in [3.8, 4) is 0 Å². The van der Waals surface area contributed by atoms with Crippen molar-refractivity contribution in [1.82, 2.24) is 0 Å². The molecule has 0 amide bonds. The van der Waals surface area contributed by atoms with Crippen molar-refractivity contribution in [3.05, 3.63) is 48.6 Å². The van der Waals surface area contributed by atoms with Crippen molar-refractivity contribution in [2.45, 2.75) is 12.8 Å². The molecule has 0 N–H and O–H groups in total. The third-order valence-corrected chi connectivity index (χ3v) is 1.17. The molecule has 0 spiro atoms. The Labute approximate surface area is 111 Å². The average Bonchev–Trinajstić information content (AvgIpc) is 3.01. The molecule has 0 bridgehead atoms. The normalized spacial score (nSPS) is 12.3. The summed E-state index contributed by atoms with van der Waals surface area (Å²) in [6, 6.07) is 0. The van der Waals surface area contributed by atoms with Crippen LogP contribution in [0.4, 0.5) is 0 Å². The van der Waals surface area contributed by atoms with E-state index >= 15 is 0 Å². The van der Waals surface area contributed by atoms with Crippen LogP contribution in [0.5, 0.6) is 0 Å². The van der Waals surface area contributed by atoms with Gasteiger partial charge < -0.3 is 9.59 Å². The van der Waals surface area contributed by atoms with Crippen LogP contribution >= 0.6 is 0 Å². The first kappa shape index (κ1) is 19.7. The van der Waals surface area contributed by atoms with Gasteiger partial charge >= 0.3 is 26.2 Å². The molecule has 0 saturated heterocycles. The molecule has 0 saturated carbocycles. The minimum Gasteiger partial charge on any atom is -0.307 e. The molecule has 0 atom stereocenters. The van der Waals surface area contributed by atoms with Crippen LogP contribution in [-0.4, -0.2) is 13.6 Å². The SMILES string of the molecule is C=O.C=O.[C-]1=CC=CC1.[C-]1=CC=CC1.[Zr+2]. The standard InChI is InChI=1S/2C5H5.2CH2O.Zr/c2*1-2-4-5-3-1;2*1-2;/h2*1-3H,4H2;2*1H2;/q2*-1;;;+2. The maximum atomic E-state index is 8.00. The minimum absolute atomic E-state index is 0. The van der Waals surface area contributed by atoms with Gasteiger partial charge in [0.2, 0.25) is 0 Å². The fourth-order valence-electron chi connectivity index (χ4n) is 0.680. The summed E-state index contributed by atoms with van der Waals surface area (Å²) in [4.78, 5) is 16.0. The molecule has 2 rings (SSSR count). The van der Waals surface area contributed by atoms with Crippen LogP contribution in [0.2, 0.25) is 0 Å². The van der Waals surface area contributed by atoms with Crippen LogP contribution in [0.15, 0.2) is 36.5 Å². The molecule has 78 valence electrons. The number of carbonyl (C=O) groups is 2. The molecule has 0 heterocycles. The van der Waals surface area contributed by atoms with Gasteiger partial charge in [-0.2, -0.15) is 12.2 Å². The molecule has 2 aliphatic rings. The van der Waals surface area contributed by atoms with E-state index in [-0.39, 0.29) is 26.2 Å². The molecule has 2 aliphatic carbocycles. The third kappa shape index (κ3) is 19.6. The van der Waals surface area contributed by atoms with Crippen LogP contribution in [-0.2, 0) is 35.8 Å². The monoisotopic (exact) mass is 280 g/mol. The van der Waals surface area contributed by atoms with Gasteiger partial charge in [-0.1, -0.05) is 0 Å². The summed E-state index contributed by atoms with van der Waals surface area (Å²) < 4.78 is 0. The summed E-state index contributed by atoms with van der Waals surface area (Å²) in [5.74, 6) is 0. The van der Waals surface area contributed by atoms with Crippen LogP contribution < -0.4 is 0 Å². The number of rotatable bonds is 0. The summed E-state index contributed by atoms with van der Waals surface area (Å²) >= 11 is 0. The minimum atomic E-state index is 0. The Morgan fingerprint density at radius 1 is 0.800 bits per heavy atom. The molecule has 15 heavy (non-hydrogen) atoms. The number of hydrogen-bond donors (Lipinski definition) is 0. The van der Waals surface area contributed by atoms with E-state index < -0.39 is 0 Å². The average molecular weight is 281 g/mol. The van der Waals surface area contributed by atoms with Gasteiger partial charge in [-0.05, 0) is 0 Å². The fraction of sp³-hybridized carbons (Fsp3) is 0.167. The summed E-state index contributed by atoms with van der Waals surface area (Å²) in [5, 5.41) is 0. The Balaban J connectivity index is -0.000000138. The first-order chi connectivity index (χ1) is 7.00. The zero-order valence-electron chi connectivity index (χ0n) is 8.61. The van der Waals surface area contributed by atoms with E-state index in [1.807, 2.05) is 37.9 Å². The van der Waals surface area contributed by atoms with Crippen molar-refractivity contribution in [2.24, 2.45) is 0 Å². The number of allylic oxidation sites excluding steroid dienone is 8. The fourth-order valence-corrected chi connectivity index (χ4v) is 0.680. The first-order valence-corrected chi connectivity index (χ1v) is 4.01. The predicted octanol–water partition coefficient (Wildman–Crippen LogP) is 2.24. The maximum Gasteiger partial charge on any atom is 2.00 e. The van der Waals surface area contributed by atoms with Crippen molar-refractivity contribution < 1.29 is 35.8 Å². The van der Waals surface area contributed by atoms with Crippen molar-refractivity contribution in [1.29, 1.82) is 0 Å². The zero-order valence-corrected chi connectivity index (χ0v) is 11.1. The Kier molecular flexibility index (Phi) is 30.5. The van der Waals surface area contributed by atoms with Crippen molar-refractivity contribution >= 4 is 13.6 Å². The van der Waals surface area contributed by atoms with E-state index in [0.717, 1.165) is 12.8 Å². The largest absolute Gasteiger partial charge is 2.00 e. The zero-order chi connectivity index (χ0) is 11.1. The summed E-state index contributed by atoms with van der Waals surface area (Å²) in [5.41, 5.74) is 0. The molecule has 3 heteroatoms.